The fourth-order valence-electron chi connectivity index (χ4n) is 4.08. The van der Waals surface area contributed by atoms with Crippen LogP contribution in [0.5, 0.6) is 0 Å². The normalized spacial score (nSPS) is 12.0. The number of nitrogens with one attached hydrogen (secondary N) is 1. The Morgan fingerprint density at radius 2 is 1.48 bits per heavy atom. The van der Waals surface area contributed by atoms with Crippen LogP contribution in [0.3, 0.4) is 0 Å². The van der Waals surface area contributed by atoms with Crippen LogP contribution in [0.4, 0.5) is 0 Å². The molecular formula is C30H43NOSi. The van der Waals surface area contributed by atoms with Crippen LogP contribution in [0.2, 0.25) is 19.1 Å². The molecule has 1 N–H and O–H groups in total. The van der Waals surface area contributed by atoms with E-state index in [1.807, 2.05) is 18.2 Å². The molecule has 0 aliphatic carbocycles. The zero-order valence-electron chi connectivity index (χ0n) is 21.3. The summed E-state index contributed by atoms with van der Waals surface area (Å²) in [4.78, 5) is 12.8. The van der Waals surface area contributed by atoms with Crippen molar-refractivity contribution in [3.8, 4) is 11.5 Å². The Kier molecular flexibility index (Phi) is 12.0. The Bertz CT molecular complexity index is 877. The quantitative estimate of drug-likeness (QED) is 0.184. The molecule has 2 rings (SSSR count). The van der Waals surface area contributed by atoms with Crippen LogP contribution in [-0.4, -0.2) is 14.0 Å². The van der Waals surface area contributed by atoms with Gasteiger partial charge < -0.3 is 5.32 Å². The molecule has 0 aliphatic heterocycles. The van der Waals surface area contributed by atoms with Gasteiger partial charge in [0.25, 0.3) is 5.91 Å². The van der Waals surface area contributed by atoms with Crippen molar-refractivity contribution in [1.29, 1.82) is 0 Å². The maximum absolute atomic E-state index is 12.8. The highest BCUT2D eigenvalue weighted by Gasteiger charge is 2.18. The van der Waals surface area contributed by atoms with Gasteiger partial charge in [-0.3, -0.25) is 4.79 Å². The Morgan fingerprint density at radius 3 is 2.12 bits per heavy atom. The third-order valence-corrected chi connectivity index (χ3v) is 8.64. The molecule has 0 heterocycles. The van der Waals surface area contributed by atoms with Crippen molar-refractivity contribution in [3.63, 3.8) is 0 Å². The van der Waals surface area contributed by atoms with Gasteiger partial charge in [-0.15, -0.1) is 5.54 Å². The maximum Gasteiger partial charge on any atom is 0.295 e. The van der Waals surface area contributed by atoms with Crippen LogP contribution in [0.25, 0.3) is 0 Å². The van der Waals surface area contributed by atoms with Gasteiger partial charge in [-0.2, -0.15) is 0 Å². The summed E-state index contributed by atoms with van der Waals surface area (Å²) in [5, 5.41) is 3.18. The molecule has 0 saturated heterocycles. The summed E-state index contributed by atoms with van der Waals surface area (Å²) >= 11 is 0. The fourth-order valence-corrected chi connectivity index (χ4v) is 5.79. The average Bonchev–Trinajstić information content (AvgIpc) is 2.81. The number of hydrogen-bond acceptors (Lipinski definition) is 1. The molecule has 2 aromatic carbocycles. The lowest BCUT2D eigenvalue weighted by Gasteiger charge is -2.19. The van der Waals surface area contributed by atoms with Crippen LogP contribution < -0.4 is 5.32 Å². The molecule has 0 bridgehead atoms. The molecule has 2 nitrogen and oxygen atoms in total. The van der Waals surface area contributed by atoms with Crippen LogP contribution in [0.15, 0.2) is 54.6 Å². The van der Waals surface area contributed by atoms with Gasteiger partial charge in [-0.05, 0) is 36.4 Å². The molecule has 0 aromatic heterocycles. The Labute approximate surface area is 203 Å². The molecule has 1 atom stereocenters. The van der Waals surface area contributed by atoms with E-state index in [-0.39, 0.29) is 11.9 Å². The number of hydrogen-bond donors (Lipinski definition) is 1. The van der Waals surface area contributed by atoms with E-state index in [2.05, 4.69) is 80.1 Å². The van der Waals surface area contributed by atoms with Crippen LogP contribution in [-0.2, 0) is 11.2 Å². The maximum atomic E-state index is 12.8. The SMILES string of the molecule is CCCCCCCCCC[Si](C)(C)C#CC(=O)NC(Cc1ccc(C)cc1)c1ccccc1. The van der Waals surface area contributed by atoms with Crippen molar-refractivity contribution in [2.24, 2.45) is 0 Å². The van der Waals surface area contributed by atoms with Gasteiger partial charge in [0, 0.05) is 0 Å². The van der Waals surface area contributed by atoms with Gasteiger partial charge in [-0.1, -0.05) is 132 Å². The molecule has 0 spiro atoms. The first-order valence-corrected chi connectivity index (χ1v) is 16.0. The van der Waals surface area contributed by atoms with Crippen molar-refractivity contribution >= 4 is 14.0 Å². The molecule has 0 fully saturated rings. The van der Waals surface area contributed by atoms with Crippen molar-refractivity contribution in [2.45, 2.75) is 96.8 Å². The molecular weight excluding hydrogens is 418 g/mol. The predicted molar refractivity (Wildman–Crippen MR) is 145 cm³/mol. The van der Waals surface area contributed by atoms with Crippen molar-refractivity contribution in [2.75, 3.05) is 0 Å². The summed E-state index contributed by atoms with van der Waals surface area (Å²) in [5.74, 6) is 2.80. The Morgan fingerprint density at radius 1 is 0.879 bits per heavy atom. The second kappa shape index (κ2) is 14.8. The van der Waals surface area contributed by atoms with E-state index in [1.54, 1.807) is 0 Å². The number of carbonyl (C=O) groups is 1. The minimum atomic E-state index is -1.68. The monoisotopic (exact) mass is 461 g/mol. The zero-order valence-corrected chi connectivity index (χ0v) is 22.3. The summed E-state index contributed by atoms with van der Waals surface area (Å²) in [6.45, 7) is 8.93. The zero-order chi connectivity index (χ0) is 23.9. The summed E-state index contributed by atoms with van der Waals surface area (Å²) in [6.07, 6.45) is 11.4. The van der Waals surface area contributed by atoms with E-state index in [0.29, 0.717) is 0 Å². The van der Waals surface area contributed by atoms with E-state index in [4.69, 9.17) is 0 Å². The number of unbranched alkanes of at least 4 members (excludes halogenated alkanes) is 7. The first-order chi connectivity index (χ1) is 15.9. The van der Waals surface area contributed by atoms with Gasteiger partial charge in [0.15, 0.2) is 0 Å². The molecule has 0 radical (unpaired) electrons. The van der Waals surface area contributed by atoms with Gasteiger partial charge in [-0.25, -0.2) is 0 Å². The van der Waals surface area contributed by atoms with Crippen LogP contribution in [0.1, 0.15) is 81.0 Å². The molecule has 33 heavy (non-hydrogen) atoms. The van der Waals surface area contributed by atoms with E-state index in [0.717, 1.165) is 12.0 Å². The first-order valence-electron chi connectivity index (χ1n) is 12.8. The highest BCUT2D eigenvalue weighted by Crippen LogP contribution is 2.19. The molecule has 1 unspecified atom stereocenters. The smallest absolute Gasteiger partial charge is 0.295 e. The lowest BCUT2D eigenvalue weighted by molar-refractivity contribution is -0.116. The number of carbonyl (C=O) groups excluding carboxylic acids is 1. The van der Waals surface area contributed by atoms with Crippen LogP contribution >= 0.6 is 0 Å². The van der Waals surface area contributed by atoms with Crippen molar-refractivity contribution in [3.05, 3.63) is 71.3 Å². The highest BCUT2D eigenvalue weighted by atomic mass is 28.3. The fraction of sp³-hybridized carbons (Fsp3) is 0.500. The number of benzene rings is 2. The summed E-state index contributed by atoms with van der Waals surface area (Å²) in [7, 11) is -1.68. The predicted octanol–water partition coefficient (Wildman–Crippen LogP) is 7.79. The lowest BCUT2D eigenvalue weighted by atomic mass is 9.98. The van der Waals surface area contributed by atoms with Gasteiger partial charge >= 0.3 is 0 Å². The summed E-state index contributed by atoms with van der Waals surface area (Å²) < 4.78 is 0. The number of amides is 1. The number of rotatable bonds is 13. The van der Waals surface area contributed by atoms with Crippen molar-refractivity contribution in [1.82, 2.24) is 5.32 Å². The second-order valence-electron chi connectivity index (χ2n) is 9.99. The van der Waals surface area contributed by atoms with Gasteiger partial charge in [0.05, 0.1) is 6.04 Å². The molecule has 0 aliphatic rings. The molecule has 1 amide bonds. The van der Waals surface area contributed by atoms with E-state index in [1.165, 1.54) is 68.5 Å². The lowest BCUT2D eigenvalue weighted by Crippen LogP contribution is -2.30. The summed E-state index contributed by atoms with van der Waals surface area (Å²) in [6, 6.07) is 19.8. The van der Waals surface area contributed by atoms with E-state index < -0.39 is 8.07 Å². The van der Waals surface area contributed by atoms with Gasteiger partial charge in [0.1, 0.15) is 8.07 Å². The first kappa shape index (κ1) is 26.9. The molecule has 2 aromatic rings. The standard InChI is InChI=1S/C30H43NOSi/c1-5-6-7-8-9-10-11-15-23-33(3,4)24-22-30(32)31-29(28-16-13-12-14-17-28)25-27-20-18-26(2)19-21-27/h12-14,16-21,29H,5-11,15,23,25H2,1-4H3,(H,31,32). The molecule has 178 valence electrons. The second-order valence-corrected chi connectivity index (χ2v) is 14.5. The Hall–Kier alpha value is -2.31. The highest BCUT2D eigenvalue weighted by molar-refractivity contribution is 6.85. The minimum Gasteiger partial charge on any atom is -0.338 e. The van der Waals surface area contributed by atoms with Gasteiger partial charge in [0.2, 0.25) is 0 Å². The van der Waals surface area contributed by atoms with Crippen LogP contribution in [0, 0.1) is 18.4 Å². The molecule has 0 saturated carbocycles. The minimum absolute atomic E-state index is 0.0757. The Balaban J connectivity index is 1.88. The van der Waals surface area contributed by atoms with E-state index >= 15 is 0 Å². The summed E-state index contributed by atoms with van der Waals surface area (Å²) in [5.41, 5.74) is 6.96. The number of aryl methyl sites for hydroxylation is 1. The third-order valence-electron chi connectivity index (χ3n) is 6.24. The average molecular weight is 462 g/mol. The molecule has 3 heteroatoms. The topological polar surface area (TPSA) is 29.1 Å². The largest absolute Gasteiger partial charge is 0.338 e. The van der Waals surface area contributed by atoms with E-state index in [9.17, 15) is 4.79 Å². The third kappa shape index (κ3) is 11.4. The van der Waals surface area contributed by atoms with Crippen molar-refractivity contribution < 1.29 is 4.79 Å².